The van der Waals surface area contributed by atoms with Crippen LogP contribution in [0.2, 0.25) is 0 Å². The van der Waals surface area contributed by atoms with E-state index < -0.39 is 11.7 Å². The highest BCUT2D eigenvalue weighted by Gasteiger charge is 2.30. The molecule has 94 valence electrons. The van der Waals surface area contributed by atoms with E-state index in [1.807, 2.05) is 0 Å². The summed E-state index contributed by atoms with van der Waals surface area (Å²) in [5.74, 6) is 0.946. The molecular weight excluding hydrogens is 231 g/mol. The molecule has 0 saturated carbocycles. The molecular formula is C12H14F3NO. The summed E-state index contributed by atoms with van der Waals surface area (Å²) in [6.07, 6.45) is -3.23. The van der Waals surface area contributed by atoms with Crippen LogP contribution < -0.4 is 10.1 Å². The highest BCUT2D eigenvalue weighted by atomic mass is 19.4. The van der Waals surface area contributed by atoms with Gasteiger partial charge in [0.25, 0.3) is 0 Å². The Bertz CT molecular complexity index is 355. The van der Waals surface area contributed by atoms with Crippen molar-refractivity contribution in [3.63, 3.8) is 0 Å². The quantitative estimate of drug-likeness (QED) is 0.884. The Balaban J connectivity index is 1.89. The second kappa shape index (κ2) is 4.96. The summed E-state index contributed by atoms with van der Waals surface area (Å²) in [4.78, 5) is 0. The van der Waals surface area contributed by atoms with Crippen molar-refractivity contribution in [2.75, 3.05) is 19.7 Å². The topological polar surface area (TPSA) is 21.3 Å². The zero-order valence-corrected chi connectivity index (χ0v) is 9.26. The van der Waals surface area contributed by atoms with E-state index in [2.05, 4.69) is 5.32 Å². The molecule has 2 nitrogen and oxygen atoms in total. The minimum absolute atomic E-state index is 0.456. The van der Waals surface area contributed by atoms with Crippen molar-refractivity contribution >= 4 is 0 Å². The average molecular weight is 245 g/mol. The molecule has 0 amide bonds. The van der Waals surface area contributed by atoms with E-state index in [4.69, 9.17) is 4.74 Å². The Morgan fingerprint density at radius 1 is 1.24 bits per heavy atom. The van der Waals surface area contributed by atoms with Crippen molar-refractivity contribution in [2.45, 2.75) is 12.6 Å². The third-order valence-electron chi connectivity index (χ3n) is 2.83. The van der Waals surface area contributed by atoms with Crippen LogP contribution in [0.3, 0.4) is 0 Å². The van der Waals surface area contributed by atoms with Gasteiger partial charge in [0.1, 0.15) is 5.75 Å². The fourth-order valence-corrected chi connectivity index (χ4v) is 1.81. The van der Waals surface area contributed by atoms with Gasteiger partial charge in [0.15, 0.2) is 0 Å². The van der Waals surface area contributed by atoms with Gasteiger partial charge in [-0.05, 0) is 37.2 Å². The second-order valence-electron chi connectivity index (χ2n) is 4.19. The monoisotopic (exact) mass is 245 g/mol. The predicted octanol–water partition coefficient (Wildman–Crippen LogP) is 2.69. The highest BCUT2D eigenvalue weighted by Crippen LogP contribution is 2.30. The zero-order valence-electron chi connectivity index (χ0n) is 9.26. The van der Waals surface area contributed by atoms with E-state index >= 15 is 0 Å². The standard InChI is InChI=1S/C12H14F3NO/c13-12(14,15)10-1-3-11(4-2-10)17-8-9-5-6-16-7-9/h1-4,9,16H,5-8H2/t9-/m1/s1. The summed E-state index contributed by atoms with van der Waals surface area (Å²) < 4.78 is 42.4. The van der Waals surface area contributed by atoms with E-state index in [0.717, 1.165) is 31.6 Å². The second-order valence-corrected chi connectivity index (χ2v) is 4.19. The van der Waals surface area contributed by atoms with Crippen LogP contribution in [0.1, 0.15) is 12.0 Å². The van der Waals surface area contributed by atoms with E-state index in [0.29, 0.717) is 18.3 Å². The zero-order chi connectivity index (χ0) is 12.3. The van der Waals surface area contributed by atoms with E-state index in [-0.39, 0.29) is 0 Å². The summed E-state index contributed by atoms with van der Waals surface area (Å²) in [6, 6.07) is 4.82. The lowest BCUT2D eigenvalue weighted by atomic mass is 10.1. The van der Waals surface area contributed by atoms with Gasteiger partial charge in [-0.1, -0.05) is 0 Å². The van der Waals surface area contributed by atoms with Gasteiger partial charge in [0.05, 0.1) is 12.2 Å². The molecule has 0 spiro atoms. The number of halogens is 3. The highest BCUT2D eigenvalue weighted by molar-refractivity contribution is 5.28. The molecule has 1 aromatic rings. The SMILES string of the molecule is FC(F)(F)c1ccc(OC[C@@H]2CCNC2)cc1. The first kappa shape index (κ1) is 12.2. The largest absolute Gasteiger partial charge is 0.493 e. The van der Waals surface area contributed by atoms with Crippen LogP contribution in [0.15, 0.2) is 24.3 Å². The number of rotatable bonds is 3. The molecule has 1 heterocycles. The smallest absolute Gasteiger partial charge is 0.416 e. The molecule has 0 radical (unpaired) electrons. The van der Waals surface area contributed by atoms with Crippen molar-refractivity contribution in [2.24, 2.45) is 5.92 Å². The maximum atomic E-state index is 12.3. The van der Waals surface area contributed by atoms with Crippen molar-refractivity contribution < 1.29 is 17.9 Å². The maximum Gasteiger partial charge on any atom is 0.416 e. The van der Waals surface area contributed by atoms with Crippen molar-refractivity contribution in [1.29, 1.82) is 0 Å². The van der Waals surface area contributed by atoms with E-state index in [1.165, 1.54) is 12.1 Å². The van der Waals surface area contributed by atoms with Gasteiger partial charge in [0.2, 0.25) is 0 Å². The Labute approximate surface area is 97.8 Å². The molecule has 1 fully saturated rings. The third-order valence-corrected chi connectivity index (χ3v) is 2.83. The summed E-state index contributed by atoms with van der Waals surface area (Å²) in [7, 11) is 0. The van der Waals surface area contributed by atoms with Crippen LogP contribution in [0, 0.1) is 5.92 Å². The first-order valence-electron chi connectivity index (χ1n) is 5.56. The summed E-state index contributed by atoms with van der Waals surface area (Å²) in [5, 5.41) is 3.21. The van der Waals surface area contributed by atoms with Gasteiger partial charge >= 0.3 is 6.18 Å². The molecule has 1 atom stereocenters. The van der Waals surface area contributed by atoms with Crippen molar-refractivity contribution in [3.05, 3.63) is 29.8 Å². The molecule has 1 N–H and O–H groups in total. The first-order chi connectivity index (χ1) is 8.05. The third kappa shape index (κ3) is 3.36. The molecule has 1 aliphatic rings. The normalized spacial score (nSPS) is 20.5. The molecule has 0 aromatic heterocycles. The number of nitrogens with one attached hydrogen (secondary N) is 1. The number of ether oxygens (including phenoxy) is 1. The number of benzene rings is 1. The molecule has 17 heavy (non-hydrogen) atoms. The van der Waals surface area contributed by atoms with E-state index in [1.54, 1.807) is 0 Å². The van der Waals surface area contributed by atoms with Crippen LogP contribution >= 0.6 is 0 Å². The number of hydrogen-bond donors (Lipinski definition) is 1. The average Bonchev–Trinajstić information content (AvgIpc) is 2.78. The fraction of sp³-hybridized carbons (Fsp3) is 0.500. The molecule has 0 unspecified atom stereocenters. The molecule has 1 aromatic carbocycles. The predicted molar refractivity (Wildman–Crippen MR) is 57.9 cm³/mol. The maximum absolute atomic E-state index is 12.3. The summed E-state index contributed by atoms with van der Waals surface area (Å²) in [6.45, 7) is 2.46. The van der Waals surface area contributed by atoms with Gasteiger partial charge in [-0.15, -0.1) is 0 Å². The molecule has 1 aliphatic heterocycles. The summed E-state index contributed by atoms with van der Waals surface area (Å²) in [5.41, 5.74) is -0.646. The van der Waals surface area contributed by atoms with Crippen LogP contribution in [0.4, 0.5) is 13.2 Å². The van der Waals surface area contributed by atoms with Gasteiger partial charge in [-0.2, -0.15) is 13.2 Å². The molecule has 0 bridgehead atoms. The Morgan fingerprint density at radius 3 is 2.47 bits per heavy atom. The Hall–Kier alpha value is -1.23. The number of hydrogen-bond acceptors (Lipinski definition) is 2. The van der Waals surface area contributed by atoms with Crippen molar-refractivity contribution in [1.82, 2.24) is 5.32 Å². The number of alkyl halides is 3. The van der Waals surface area contributed by atoms with Crippen LogP contribution in [-0.2, 0) is 6.18 Å². The van der Waals surface area contributed by atoms with Crippen LogP contribution in [0.25, 0.3) is 0 Å². The fourth-order valence-electron chi connectivity index (χ4n) is 1.81. The lowest BCUT2D eigenvalue weighted by Crippen LogP contribution is -2.15. The van der Waals surface area contributed by atoms with Crippen molar-refractivity contribution in [3.8, 4) is 5.75 Å². The van der Waals surface area contributed by atoms with E-state index in [9.17, 15) is 13.2 Å². The van der Waals surface area contributed by atoms with Gasteiger partial charge in [0, 0.05) is 12.5 Å². The van der Waals surface area contributed by atoms with Crippen LogP contribution in [0.5, 0.6) is 5.75 Å². The molecule has 0 aliphatic carbocycles. The lowest BCUT2D eigenvalue weighted by Gasteiger charge is -2.12. The van der Waals surface area contributed by atoms with Gasteiger partial charge < -0.3 is 10.1 Å². The van der Waals surface area contributed by atoms with Gasteiger partial charge in [-0.3, -0.25) is 0 Å². The first-order valence-corrected chi connectivity index (χ1v) is 5.56. The Kier molecular flexibility index (Phi) is 3.57. The molecule has 1 saturated heterocycles. The van der Waals surface area contributed by atoms with Gasteiger partial charge in [-0.25, -0.2) is 0 Å². The molecule has 5 heteroatoms. The summed E-state index contributed by atoms with van der Waals surface area (Å²) >= 11 is 0. The minimum atomic E-state index is -4.28. The Morgan fingerprint density at radius 2 is 1.94 bits per heavy atom. The van der Waals surface area contributed by atoms with Crippen LogP contribution in [-0.4, -0.2) is 19.7 Å². The minimum Gasteiger partial charge on any atom is -0.493 e. The lowest BCUT2D eigenvalue weighted by molar-refractivity contribution is -0.137. The molecule has 2 rings (SSSR count).